The average Bonchev–Trinajstić information content (AvgIpc) is 3.13. The lowest BCUT2D eigenvalue weighted by molar-refractivity contribution is 0.0751. The van der Waals surface area contributed by atoms with E-state index < -0.39 is 0 Å². The first kappa shape index (κ1) is 12.1. The van der Waals surface area contributed by atoms with Crippen molar-refractivity contribution in [2.75, 3.05) is 33.3 Å². The van der Waals surface area contributed by atoms with Crippen molar-refractivity contribution in [2.24, 2.45) is 5.92 Å². The number of hydrogen-bond acceptors (Lipinski definition) is 6. The van der Waals surface area contributed by atoms with Gasteiger partial charge in [0.2, 0.25) is 11.7 Å². The van der Waals surface area contributed by atoms with E-state index in [2.05, 4.69) is 20.4 Å². The molecule has 1 atom stereocenters. The number of nitrogens with one attached hydrogen (secondary N) is 1. The fraction of sp³-hybridized carbons (Fsp3) is 0.833. The minimum Gasteiger partial charge on any atom is -0.373 e. The summed E-state index contributed by atoms with van der Waals surface area (Å²) >= 11 is 0. The van der Waals surface area contributed by atoms with Crippen molar-refractivity contribution < 1.29 is 9.26 Å². The molecule has 2 fully saturated rings. The maximum atomic E-state index is 5.45. The molecule has 6 nitrogen and oxygen atoms in total. The van der Waals surface area contributed by atoms with Crippen molar-refractivity contribution >= 4 is 0 Å². The minimum absolute atomic E-state index is 0.0190. The summed E-state index contributed by atoms with van der Waals surface area (Å²) in [6.07, 6.45) is 2.44. The summed E-state index contributed by atoms with van der Waals surface area (Å²) in [5.41, 5.74) is 0. The van der Waals surface area contributed by atoms with Crippen LogP contribution in [0.15, 0.2) is 4.52 Å². The smallest absolute Gasteiger partial charge is 0.240 e. The molecule has 2 aliphatic rings. The molecule has 1 saturated heterocycles. The fourth-order valence-electron chi connectivity index (χ4n) is 2.42. The molecule has 1 aromatic heterocycles. The van der Waals surface area contributed by atoms with Crippen LogP contribution in [0.1, 0.15) is 30.7 Å². The second-order valence-electron chi connectivity index (χ2n) is 5.07. The van der Waals surface area contributed by atoms with Gasteiger partial charge in [0.25, 0.3) is 0 Å². The molecule has 1 aliphatic carbocycles. The number of piperazine rings is 1. The van der Waals surface area contributed by atoms with Crippen molar-refractivity contribution in [3.05, 3.63) is 11.7 Å². The third-order valence-electron chi connectivity index (χ3n) is 3.61. The highest BCUT2D eigenvalue weighted by atomic mass is 16.5. The van der Waals surface area contributed by atoms with Gasteiger partial charge in [0, 0.05) is 33.3 Å². The van der Waals surface area contributed by atoms with E-state index in [-0.39, 0.29) is 6.10 Å². The van der Waals surface area contributed by atoms with E-state index in [0.717, 1.165) is 32.7 Å². The van der Waals surface area contributed by atoms with Crippen molar-refractivity contribution in [1.82, 2.24) is 20.4 Å². The highest BCUT2D eigenvalue weighted by Gasteiger charge is 2.35. The molecule has 0 aromatic carbocycles. The molecule has 1 aliphatic heterocycles. The third-order valence-corrected chi connectivity index (χ3v) is 3.61. The van der Waals surface area contributed by atoms with Gasteiger partial charge in [-0.15, -0.1) is 0 Å². The largest absolute Gasteiger partial charge is 0.373 e. The standard InChI is InChI=1S/C12H20N4O2/c1-17-11(9-2-3-9)12-14-10(18-15-12)8-16-6-4-13-5-7-16/h9,11,13H,2-8H2,1H3. The molecular formula is C12H20N4O2. The molecule has 6 heteroatoms. The molecule has 3 rings (SSSR count). The first-order valence-corrected chi connectivity index (χ1v) is 6.65. The van der Waals surface area contributed by atoms with Crippen LogP contribution >= 0.6 is 0 Å². The van der Waals surface area contributed by atoms with E-state index in [4.69, 9.17) is 9.26 Å². The van der Waals surface area contributed by atoms with Gasteiger partial charge in [-0.1, -0.05) is 5.16 Å². The van der Waals surface area contributed by atoms with Crippen LogP contribution in [0.25, 0.3) is 0 Å². The van der Waals surface area contributed by atoms with Crippen LogP contribution in [0.4, 0.5) is 0 Å². The minimum atomic E-state index is 0.0190. The Bertz CT molecular complexity index is 385. The number of methoxy groups -OCH3 is 1. The predicted molar refractivity (Wildman–Crippen MR) is 64.9 cm³/mol. The Balaban J connectivity index is 1.61. The molecule has 0 spiro atoms. The van der Waals surface area contributed by atoms with Crippen molar-refractivity contribution in [3.63, 3.8) is 0 Å². The molecule has 1 unspecified atom stereocenters. The second kappa shape index (κ2) is 5.34. The Morgan fingerprint density at radius 3 is 2.89 bits per heavy atom. The van der Waals surface area contributed by atoms with E-state index >= 15 is 0 Å². The molecular weight excluding hydrogens is 232 g/mol. The SMILES string of the molecule is COC(c1noc(CN2CCNCC2)n1)C1CC1. The summed E-state index contributed by atoms with van der Waals surface area (Å²) in [5.74, 6) is 2.00. The van der Waals surface area contributed by atoms with E-state index in [9.17, 15) is 0 Å². The molecule has 1 N–H and O–H groups in total. The Morgan fingerprint density at radius 1 is 1.44 bits per heavy atom. The number of aromatic nitrogens is 2. The molecule has 0 radical (unpaired) electrons. The number of nitrogens with zero attached hydrogens (tertiary/aromatic N) is 3. The average molecular weight is 252 g/mol. The number of rotatable bonds is 5. The van der Waals surface area contributed by atoms with E-state index in [1.54, 1.807) is 7.11 Å². The van der Waals surface area contributed by atoms with Crippen LogP contribution < -0.4 is 5.32 Å². The zero-order valence-electron chi connectivity index (χ0n) is 10.8. The molecule has 0 bridgehead atoms. The van der Waals surface area contributed by atoms with Crippen LogP contribution in [0, 0.1) is 5.92 Å². The van der Waals surface area contributed by atoms with Crippen LogP contribution in [-0.4, -0.2) is 48.3 Å². The van der Waals surface area contributed by atoms with E-state index in [0.29, 0.717) is 17.6 Å². The maximum absolute atomic E-state index is 5.45. The number of ether oxygens (including phenoxy) is 1. The van der Waals surface area contributed by atoms with Crippen LogP contribution in [0.3, 0.4) is 0 Å². The Kier molecular flexibility index (Phi) is 3.58. The Labute approximate surface area is 107 Å². The van der Waals surface area contributed by atoms with Crippen LogP contribution in [-0.2, 0) is 11.3 Å². The molecule has 0 amide bonds. The number of hydrogen-bond donors (Lipinski definition) is 1. The lowest BCUT2D eigenvalue weighted by atomic mass is 10.2. The molecule has 1 aromatic rings. The van der Waals surface area contributed by atoms with Gasteiger partial charge in [0.15, 0.2) is 0 Å². The highest BCUT2D eigenvalue weighted by molar-refractivity contribution is 4.98. The predicted octanol–water partition coefficient (Wildman–Crippen LogP) is 0.572. The van der Waals surface area contributed by atoms with Gasteiger partial charge in [-0.05, 0) is 18.8 Å². The first-order chi connectivity index (χ1) is 8.86. The topological polar surface area (TPSA) is 63.4 Å². The van der Waals surface area contributed by atoms with Crippen molar-refractivity contribution in [2.45, 2.75) is 25.5 Å². The van der Waals surface area contributed by atoms with Gasteiger partial charge in [-0.3, -0.25) is 4.90 Å². The zero-order valence-corrected chi connectivity index (χ0v) is 10.8. The normalized spacial score (nSPS) is 23.2. The van der Waals surface area contributed by atoms with Gasteiger partial charge in [0.1, 0.15) is 6.10 Å². The van der Waals surface area contributed by atoms with Gasteiger partial charge >= 0.3 is 0 Å². The quantitative estimate of drug-likeness (QED) is 0.826. The van der Waals surface area contributed by atoms with Crippen LogP contribution in [0.5, 0.6) is 0 Å². The summed E-state index contributed by atoms with van der Waals surface area (Å²) in [4.78, 5) is 6.80. The lowest BCUT2D eigenvalue weighted by Gasteiger charge is -2.25. The van der Waals surface area contributed by atoms with E-state index in [1.807, 2.05) is 0 Å². The molecule has 18 heavy (non-hydrogen) atoms. The lowest BCUT2D eigenvalue weighted by Crippen LogP contribution is -2.42. The van der Waals surface area contributed by atoms with E-state index in [1.165, 1.54) is 12.8 Å². The van der Waals surface area contributed by atoms with Crippen molar-refractivity contribution in [1.29, 1.82) is 0 Å². The summed E-state index contributed by atoms with van der Waals surface area (Å²) in [6.45, 7) is 4.88. The second-order valence-corrected chi connectivity index (χ2v) is 5.07. The summed E-state index contributed by atoms with van der Waals surface area (Å²) in [6, 6.07) is 0. The summed E-state index contributed by atoms with van der Waals surface area (Å²) in [7, 11) is 1.72. The summed E-state index contributed by atoms with van der Waals surface area (Å²) in [5, 5.41) is 7.39. The van der Waals surface area contributed by atoms with Gasteiger partial charge in [0.05, 0.1) is 6.54 Å². The van der Waals surface area contributed by atoms with Crippen LogP contribution in [0.2, 0.25) is 0 Å². The monoisotopic (exact) mass is 252 g/mol. The third kappa shape index (κ3) is 2.71. The molecule has 100 valence electrons. The fourth-order valence-corrected chi connectivity index (χ4v) is 2.42. The Morgan fingerprint density at radius 2 is 2.22 bits per heavy atom. The first-order valence-electron chi connectivity index (χ1n) is 6.65. The van der Waals surface area contributed by atoms with Crippen molar-refractivity contribution in [3.8, 4) is 0 Å². The van der Waals surface area contributed by atoms with Gasteiger partial charge in [-0.25, -0.2) is 0 Å². The molecule has 1 saturated carbocycles. The summed E-state index contributed by atoms with van der Waals surface area (Å²) < 4.78 is 10.8. The highest BCUT2D eigenvalue weighted by Crippen LogP contribution is 2.41. The van der Waals surface area contributed by atoms with Gasteiger partial charge < -0.3 is 14.6 Å². The van der Waals surface area contributed by atoms with Gasteiger partial charge in [-0.2, -0.15) is 4.98 Å². The Hall–Kier alpha value is -0.980. The zero-order chi connectivity index (χ0) is 12.4. The maximum Gasteiger partial charge on any atom is 0.240 e. The molecule has 2 heterocycles.